The van der Waals surface area contributed by atoms with E-state index in [-0.39, 0.29) is 23.7 Å². The Hall–Kier alpha value is -0.650. The lowest BCUT2D eigenvalue weighted by atomic mass is 9.98. The molecule has 112 valence electrons. The molecule has 1 aliphatic rings. The fourth-order valence-electron chi connectivity index (χ4n) is 2.24. The molecule has 1 fully saturated rings. The number of carbonyl (C=O) groups is 1. The van der Waals surface area contributed by atoms with Crippen LogP contribution in [0.2, 0.25) is 0 Å². The number of ether oxygens (including phenoxy) is 1. The van der Waals surface area contributed by atoms with Crippen molar-refractivity contribution in [3.05, 3.63) is 0 Å². The number of rotatable bonds is 5. The van der Waals surface area contributed by atoms with E-state index in [1.807, 2.05) is 20.8 Å². The minimum atomic E-state index is -0.720. The standard InChI is InChI=1S/C14H28N2O3/c1-10(18-14(2,3)4)12(15)13(17)16-19-11-8-6-5-7-9-11/h10-12H,5-9,15H2,1-4H3,(H,16,17)/t10-,12+/m1/s1. The Labute approximate surface area is 116 Å². The summed E-state index contributed by atoms with van der Waals surface area (Å²) in [7, 11) is 0. The molecule has 0 spiro atoms. The van der Waals surface area contributed by atoms with E-state index in [9.17, 15) is 4.79 Å². The minimum absolute atomic E-state index is 0.128. The van der Waals surface area contributed by atoms with E-state index in [1.165, 1.54) is 6.42 Å². The van der Waals surface area contributed by atoms with Gasteiger partial charge in [0.15, 0.2) is 0 Å². The van der Waals surface area contributed by atoms with Gasteiger partial charge in [0.1, 0.15) is 6.04 Å². The molecule has 5 nitrogen and oxygen atoms in total. The molecule has 0 saturated heterocycles. The van der Waals surface area contributed by atoms with Gasteiger partial charge >= 0.3 is 0 Å². The van der Waals surface area contributed by atoms with Gasteiger partial charge < -0.3 is 10.5 Å². The van der Waals surface area contributed by atoms with Crippen molar-refractivity contribution in [2.24, 2.45) is 5.73 Å². The van der Waals surface area contributed by atoms with Crippen LogP contribution in [-0.2, 0) is 14.4 Å². The maximum absolute atomic E-state index is 11.9. The Balaban J connectivity index is 2.31. The fourth-order valence-corrected chi connectivity index (χ4v) is 2.24. The molecule has 0 unspecified atom stereocenters. The Bertz CT molecular complexity index is 283. The summed E-state index contributed by atoms with van der Waals surface area (Å²) < 4.78 is 5.67. The highest BCUT2D eigenvalue weighted by Gasteiger charge is 2.26. The minimum Gasteiger partial charge on any atom is -0.371 e. The van der Waals surface area contributed by atoms with E-state index in [2.05, 4.69) is 5.48 Å². The third-order valence-electron chi connectivity index (χ3n) is 3.23. The predicted molar refractivity (Wildman–Crippen MR) is 74.4 cm³/mol. The van der Waals surface area contributed by atoms with Gasteiger partial charge in [-0.05, 0) is 40.5 Å². The number of hydroxylamine groups is 1. The van der Waals surface area contributed by atoms with E-state index in [0.29, 0.717) is 0 Å². The van der Waals surface area contributed by atoms with Crippen LogP contribution in [0.5, 0.6) is 0 Å². The molecule has 0 bridgehead atoms. The molecule has 0 aromatic rings. The van der Waals surface area contributed by atoms with Gasteiger partial charge in [-0.1, -0.05) is 19.3 Å². The SMILES string of the molecule is C[C@@H](OC(C)(C)C)[C@H](N)C(=O)NOC1CCCCC1. The molecule has 5 heteroatoms. The fraction of sp³-hybridized carbons (Fsp3) is 0.929. The van der Waals surface area contributed by atoms with E-state index < -0.39 is 6.04 Å². The second kappa shape index (κ2) is 7.22. The highest BCUT2D eigenvalue weighted by molar-refractivity contribution is 5.81. The lowest BCUT2D eigenvalue weighted by Crippen LogP contribution is -2.50. The highest BCUT2D eigenvalue weighted by Crippen LogP contribution is 2.19. The second-order valence-corrected chi connectivity index (χ2v) is 6.31. The first-order chi connectivity index (χ1) is 8.79. The lowest BCUT2D eigenvalue weighted by Gasteiger charge is -2.29. The van der Waals surface area contributed by atoms with Crippen molar-refractivity contribution >= 4 is 5.91 Å². The van der Waals surface area contributed by atoms with E-state index in [1.54, 1.807) is 6.92 Å². The zero-order valence-corrected chi connectivity index (χ0v) is 12.6. The first-order valence-electron chi connectivity index (χ1n) is 7.18. The van der Waals surface area contributed by atoms with E-state index >= 15 is 0 Å². The van der Waals surface area contributed by atoms with Crippen molar-refractivity contribution in [3.63, 3.8) is 0 Å². The summed E-state index contributed by atoms with van der Waals surface area (Å²) in [5.41, 5.74) is 8.02. The molecule has 1 amide bonds. The van der Waals surface area contributed by atoms with Gasteiger partial charge in [-0.3, -0.25) is 9.63 Å². The van der Waals surface area contributed by atoms with Gasteiger partial charge in [0.05, 0.1) is 17.8 Å². The Morgan fingerprint density at radius 1 is 1.26 bits per heavy atom. The Morgan fingerprint density at radius 3 is 2.37 bits per heavy atom. The first-order valence-corrected chi connectivity index (χ1v) is 7.18. The van der Waals surface area contributed by atoms with Gasteiger partial charge in [-0.2, -0.15) is 0 Å². The van der Waals surface area contributed by atoms with Gasteiger partial charge in [0, 0.05) is 0 Å². The average Bonchev–Trinajstić information content (AvgIpc) is 2.34. The van der Waals surface area contributed by atoms with Crippen molar-refractivity contribution in [2.45, 2.75) is 83.6 Å². The number of carbonyl (C=O) groups excluding carboxylic acids is 1. The Kier molecular flexibility index (Phi) is 6.23. The van der Waals surface area contributed by atoms with Gasteiger partial charge in [0.2, 0.25) is 0 Å². The molecule has 1 rings (SSSR count). The number of nitrogens with two attached hydrogens (primary N) is 1. The maximum atomic E-state index is 11.9. The lowest BCUT2D eigenvalue weighted by molar-refractivity contribution is -0.147. The van der Waals surface area contributed by atoms with Crippen LogP contribution in [0.4, 0.5) is 0 Å². The smallest absolute Gasteiger partial charge is 0.263 e. The number of hydrogen-bond donors (Lipinski definition) is 2. The van der Waals surface area contributed by atoms with Crippen LogP contribution in [-0.4, -0.2) is 29.8 Å². The molecule has 0 aromatic carbocycles. The topological polar surface area (TPSA) is 73.6 Å². The summed E-state index contributed by atoms with van der Waals surface area (Å²) in [5.74, 6) is -0.317. The molecule has 1 saturated carbocycles. The molecule has 3 N–H and O–H groups in total. The molecule has 1 aliphatic carbocycles. The molecule has 0 radical (unpaired) electrons. The van der Waals surface area contributed by atoms with Gasteiger partial charge in [-0.25, -0.2) is 5.48 Å². The Morgan fingerprint density at radius 2 is 1.84 bits per heavy atom. The van der Waals surface area contributed by atoms with E-state index in [4.69, 9.17) is 15.3 Å². The highest BCUT2D eigenvalue weighted by atomic mass is 16.7. The second-order valence-electron chi connectivity index (χ2n) is 6.31. The number of amides is 1. The summed E-state index contributed by atoms with van der Waals surface area (Å²) in [6, 6.07) is -0.720. The van der Waals surface area contributed by atoms with Crippen LogP contribution in [0.3, 0.4) is 0 Å². The summed E-state index contributed by atoms with van der Waals surface area (Å²) in [4.78, 5) is 17.3. The molecule has 19 heavy (non-hydrogen) atoms. The quantitative estimate of drug-likeness (QED) is 0.750. The van der Waals surface area contributed by atoms with Crippen LogP contribution >= 0.6 is 0 Å². The molecular formula is C14H28N2O3. The van der Waals surface area contributed by atoms with Crippen LogP contribution in [0.1, 0.15) is 59.8 Å². The molecule has 0 aromatic heterocycles. The molecule has 0 aliphatic heterocycles. The third-order valence-corrected chi connectivity index (χ3v) is 3.23. The van der Waals surface area contributed by atoms with Crippen LogP contribution in [0, 0.1) is 0 Å². The average molecular weight is 272 g/mol. The summed E-state index contributed by atoms with van der Waals surface area (Å²) in [6.45, 7) is 7.61. The molecule has 0 heterocycles. The van der Waals surface area contributed by atoms with Crippen molar-refractivity contribution in [1.29, 1.82) is 0 Å². The summed E-state index contributed by atoms with van der Waals surface area (Å²) >= 11 is 0. The summed E-state index contributed by atoms with van der Waals surface area (Å²) in [6.07, 6.45) is 5.36. The van der Waals surface area contributed by atoms with Crippen molar-refractivity contribution in [2.75, 3.05) is 0 Å². The van der Waals surface area contributed by atoms with Crippen molar-refractivity contribution in [1.82, 2.24) is 5.48 Å². The third kappa shape index (κ3) is 6.36. The van der Waals surface area contributed by atoms with Crippen LogP contribution < -0.4 is 11.2 Å². The molecular weight excluding hydrogens is 244 g/mol. The predicted octanol–water partition coefficient (Wildman–Crippen LogP) is 1.90. The number of nitrogens with one attached hydrogen (secondary N) is 1. The summed E-state index contributed by atoms with van der Waals surface area (Å²) in [5, 5.41) is 0. The zero-order valence-electron chi connectivity index (χ0n) is 12.6. The monoisotopic (exact) mass is 272 g/mol. The largest absolute Gasteiger partial charge is 0.371 e. The van der Waals surface area contributed by atoms with Crippen molar-refractivity contribution in [3.8, 4) is 0 Å². The van der Waals surface area contributed by atoms with Gasteiger partial charge in [0.25, 0.3) is 5.91 Å². The maximum Gasteiger partial charge on any atom is 0.263 e. The first kappa shape index (κ1) is 16.4. The van der Waals surface area contributed by atoms with Crippen molar-refractivity contribution < 1.29 is 14.4 Å². The van der Waals surface area contributed by atoms with E-state index in [0.717, 1.165) is 25.7 Å². The van der Waals surface area contributed by atoms with Crippen LogP contribution in [0.15, 0.2) is 0 Å². The number of hydrogen-bond acceptors (Lipinski definition) is 4. The van der Waals surface area contributed by atoms with Gasteiger partial charge in [-0.15, -0.1) is 0 Å². The molecule has 2 atom stereocenters. The normalized spacial score (nSPS) is 20.9. The van der Waals surface area contributed by atoms with Crippen LogP contribution in [0.25, 0.3) is 0 Å². The zero-order chi connectivity index (χ0) is 14.5.